The summed E-state index contributed by atoms with van der Waals surface area (Å²) in [5.41, 5.74) is 3.81. The molecular formula is C16H24N2O4. The molecule has 6 heteroatoms. The van der Waals surface area contributed by atoms with E-state index < -0.39 is 0 Å². The van der Waals surface area contributed by atoms with Crippen LogP contribution in [-0.2, 0) is 0 Å². The quantitative estimate of drug-likeness (QED) is 0.621. The Hall–Kier alpha value is -2.24. The maximum Gasteiger partial charge on any atom is 0.271 e. The van der Waals surface area contributed by atoms with Crippen LogP contribution < -0.4 is 19.6 Å². The Morgan fingerprint density at radius 3 is 2.14 bits per heavy atom. The Balaban J connectivity index is 3.04. The van der Waals surface area contributed by atoms with E-state index in [2.05, 4.69) is 24.4 Å². The highest BCUT2D eigenvalue weighted by atomic mass is 16.5. The average Bonchev–Trinajstić information content (AvgIpc) is 2.56. The molecule has 0 aromatic heterocycles. The minimum atomic E-state index is -0.332. The number of carbonyl (C=O) groups is 1. The van der Waals surface area contributed by atoms with Crippen LogP contribution in [-0.4, -0.2) is 32.9 Å². The second-order valence-corrected chi connectivity index (χ2v) is 4.92. The summed E-state index contributed by atoms with van der Waals surface area (Å²) in [6.45, 7) is 6.03. The number of rotatable bonds is 7. The molecule has 0 aliphatic heterocycles. The SMILES string of the molecule is CC[C@H](C)/C(C)=N\NC(=O)c1cc(OC)c(OC)c(OC)c1. The third kappa shape index (κ3) is 4.13. The molecule has 0 saturated carbocycles. The highest BCUT2D eigenvalue weighted by Crippen LogP contribution is 2.38. The zero-order valence-corrected chi connectivity index (χ0v) is 14.0. The number of ether oxygens (including phenoxy) is 3. The Morgan fingerprint density at radius 1 is 1.18 bits per heavy atom. The van der Waals surface area contributed by atoms with E-state index in [9.17, 15) is 4.79 Å². The summed E-state index contributed by atoms with van der Waals surface area (Å²) in [7, 11) is 4.52. The first-order chi connectivity index (χ1) is 10.5. The number of hydrogen-bond acceptors (Lipinski definition) is 5. The Labute approximate surface area is 131 Å². The van der Waals surface area contributed by atoms with Crippen molar-refractivity contribution in [2.45, 2.75) is 27.2 Å². The largest absolute Gasteiger partial charge is 0.493 e. The van der Waals surface area contributed by atoms with Gasteiger partial charge in [-0.05, 0) is 31.4 Å². The van der Waals surface area contributed by atoms with Gasteiger partial charge in [0.2, 0.25) is 5.75 Å². The molecule has 122 valence electrons. The number of methoxy groups -OCH3 is 3. The number of benzene rings is 1. The van der Waals surface area contributed by atoms with Crippen LogP contribution in [0.1, 0.15) is 37.6 Å². The van der Waals surface area contributed by atoms with Crippen molar-refractivity contribution >= 4 is 11.6 Å². The van der Waals surface area contributed by atoms with E-state index in [1.807, 2.05) is 6.92 Å². The van der Waals surface area contributed by atoms with Gasteiger partial charge in [0.1, 0.15) is 0 Å². The molecule has 1 atom stereocenters. The van der Waals surface area contributed by atoms with Gasteiger partial charge in [0.25, 0.3) is 5.91 Å². The van der Waals surface area contributed by atoms with Crippen LogP contribution in [0.4, 0.5) is 0 Å². The molecule has 1 N–H and O–H groups in total. The summed E-state index contributed by atoms with van der Waals surface area (Å²) in [6, 6.07) is 3.18. The van der Waals surface area contributed by atoms with Crippen molar-refractivity contribution in [1.82, 2.24) is 5.43 Å². The fourth-order valence-electron chi connectivity index (χ4n) is 1.82. The molecule has 1 aromatic carbocycles. The van der Waals surface area contributed by atoms with E-state index in [0.29, 0.717) is 28.7 Å². The fourth-order valence-corrected chi connectivity index (χ4v) is 1.82. The molecule has 0 radical (unpaired) electrons. The van der Waals surface area contributed by atoms with Gasteiger partial charge in [-0.1, -0.05) is 13.8 Å². The predicted molar refractivity (Wildman–Crippen MR) is 86.1 cm³/mol. The normalized spacial score (nSPS) is 12.5. The van der Waals surface area contributed by atoms with E-state index >= 15 is 0 Å². The zero-order valence-electron chi connectivity index (χ0n) is 14.0. The second kappa shape index (κ2) is 8.26. The molecular weight excluding hydrogens is 284 g/mol. The molecule has 1 amide bonds. The minimum Gasteiger partial charge on any atom is -0.493 e. The average molecular weight is 308 g/mol. The van der Waals surface area contributed by atoms with Crippen LogP contribution in [0.2, 0.25) is 0 Å². The van der Waals surface area contributed by atoms with Gasteiger partial charge in [-0.3, -0.25) is 4.79 Å². The molecule has 0 aliphatic carbocycles. The van der Waals surface area contributed by atoms with E-state index in [0.717, 1.165) is 12.1 Å². The summed E-state index contributed by atoms with van der Waals surface area (Å²) >= 11 is 0. The second-order valence-electron chi connectivity index (χ2n) is 4.92. The Morgan fingerprint density at radius 2 is 1.73 bits per heavy atom. The lowest BCUT2D eigenvalue weighted by molar-refractivity contribution is 0.0953. The van der Waals surface area contributed by atoms with Crippen molar-refractivity contribution < 1.29 is 19.0 Å². The number of nitrogens with zero attached hydrogens (tertiary/aromatic N) is 1. The summed E-state index contributed by atoms with van der Waals surface area (Å²) in [6.07, 6.45) is 0.968. The standard InChI is InChI=1S/C16H24N2O4/c1-7-10(2)11(3)17-18-16(19)12-8-13(20-4)15(22-6)14(9-12)21-5/h8-10H,7H2,1-6H3,(H,18,19)/b17-11-/t10-/m0/s1. The van der Waals surface area contributed by atoms with Crippen LogP contribution >= 0.6 is 0 Å². The number of hydrazone groups is 1. The van der Waals surface area contributed by atoms with Gasteiger partial charge in [-0.2, -0.15) is 5.10 Å². The predicted octanol–water partition coefficient (Wildman–Crippen LogP) is 2.86. The van der Waals surface area contributed by atoms with Crippen molar-refractivity contribution in [2.24, 2.45) is 11.0 Å². The summed E-state index contributed by atoms with van der Waals surface area (Å²) in [4.78, 5) is 12.2. The van der Waals surface area contributed by atoms with Crippen LogP contribution in [0.15, 0.2) is 17.2 Å². The van der Waals surface area contributed by atoms with Crippen molar-refractivity contribution in [2.75, 3.05) is 21.3 Å². The van der Waals surface area contributed by atoms with Crippen LogP contribution in [0.5, 0.6) is 17.2 Å². The maximum atomic E-state index is 12.2. The number of nitrogens with one attached hydrogen (secondary N) is 1. The minimum absolute atomic E-state index is 0.320. The van der Waals surface area contributed by atoms with Gasteiger partial charge in [-0.15, -0.1) is 0 Å². The molecule has 0 saturated heterocycles. The first-order valence-corrected chi connectivity index (χ1v) is 7.12. The highest BCUT2D eigenvalue weighted by molar-refractivity contribution is 5.96. The van der Waals surface area contributed by atoms with Gasteiger partial charge in [0, 0.05) is 11.3 Å². The first kappa shape index (κ1) is 17.8. The van der Waals surface area contributed by atoms with E-state index in [1.165, 1.54) is 21.3 Å². The van der Waals surface area contributed by atoms with Gasteiger partial charge in [0.05, 0.1) is 21.3 Å². The molecule has 0 heterocycles. The highest BCUT2D eigenvalue weighted by Gasteiger charge is 2.17. The van der Waals surface area contributed by atoms with Crippen LogP contribution in [0, 0.1) is 5.92 Å². The van der Waals surface area contributed by atoms with Crippen molar-refractivity contribution in [3.05, 3.63) is 17.7 Å². The van der Waals surface area contributed by atoms with E-state index in [4.69, 9.17) is 14.2 Å². The van der Waals surface area contributed by atoms with E-state index in [1.54, 1.807) is 12.1 Å². The van der Waals surface area contributed by atoms with Gasteiger partial charge in [-0.25, -0.2) is 5.43 Å². The first-order valence-electron chi connectivity index (χ1n) is 7.12. The van der Waals surface area contributed by atoms with Crippen LogP contribution in [0.3, 0.4) is 0 Å². The third-order valence-corrected chi connectivity index (χ3v) is 3.59. The number of amides is 1. The topological polar surface area (TPSA) is 69.2 Å². The van der Waals surface area contributed by atoms with Crippen molar-refractivity contribution in [3.8, 4) is 17.2 Å². The molecule has 0 spiro atoms. The molecule has 1 rings (SSSR count). The van der Waals surface area contributed by atoms with Gasteiger partial charge < -0.3 is 14.2 Å². The monoisotopic (exact) mass is 308 g/mol. The molecule has 0 fully saturated rings. The maximum absolute atomic E-state index is 12.2. The van der Waals surface area contributed by atoms with E-state index in [-0.39, 0.29) is 5.91 Å². The smallest absolute Gasteiger partial charge is 0.271 e. The molecule has 22 heavy (non-hydrogen) atoms. The fraction of sp³-hybridized carbons (Fsp3) is 0.500. The zero-order chi connectivity index (χ0) is 16.7. The molecule has 1 aromatic rings. The lowest BCUT2D eigenvalue weighted by Gasteiger charge is -2.13. The van der Waals surface area contributed by atoms with Gasteiger partial charge >= 0.3 is 0 Å². The molecule has 0 bridgehead atoms. The van der Waals surface area contributed by atoms with Crippen LogP contribution in [0.25, 0.3) is 0 Å². The Kier molecular flexibility index (Phi) is 6.69. The lowest BCUT2D eigenvalue weighted by Crippen LogP contribution is -2.21. The van der Waals surface area contributed by atoms with Crippen molar-refractivity contribution in [1.29, 1.82) is 0 Å². The number of carbonyl (C=O) groups excluding carboxylic acids is 1. The van der Waals surface area contributed by atoms with Crippen molar-refractivity contribution in [3.63, 3.8) is 0 Å². The lowest BCUT2D eigenvalue weighted by atomic mass is 10.1. The summed E-state index contributed by atoms with van der Waals surface area (Å²) in [5.74, 6) is 1.28. The molecule has 0 unspecified atom stereocenters. The summed E-state index contributed by atoms with van der Waals surface area (Å²) in [5, 5.41) is 4.13. The molecule has 0 aliphatic rings. The third-order valence-electron chi connectivity index (χ3n) is 3.59. The van der Waals surface area contributed by atoms with Gasteiger partial charge in [0.15, 0.2) is 11.5 Å². The molecule has 6 nitrogen and oxygen atoms in total. The summed E-state index contributed by atoms with van der Waals surface area (Å²) < 4.78 is 15.7. The Bertz CT molecular complexity index is 530. The number of hydrogen-bond donors (Lipinski definition) is 1.